The molecule has 0 bridgehead atoms. The van der Waals surface area contributed by atoms with Gasteiger partial charge in [-0.3, -0.25) is 14.9 Å². The highest BCUT2D eigenvalue weighted by atomic mass is 16.6. The smallest absolute Gasteiger partial charge is 0.328 e. The van der Waals surface area contributed by atoms with E-state index in [-0.39, 0.29) is 0 Å². The SMILES string of the molecule is CC(C)(C)OC(=O)[C@@](C[N+](=O)[O-])(c1ccc2ccccc2c1)c1c[nH]c2ccccc12. The predicted molar refractivity (Wildman–Crippen MR) is 121 cm³/mol. The Balaban J connectivity index is 2.05. The van der Waals surface area contributed by atoms with E-state index in [1.165, 1.54) is 0 Å². The highest BCUT2D eigenvalue weighted by Crippen LogP contribution is 2.40. The van der Waals surface area contributed by atoms with Crippen molar-refractivity contribution in [1.82, 2.24) is 4.98 Å². The first-order valence-electron chi connectivity index (χ1n) is 10.1. The number of aromatic nitrogens is 1. The van der Waals surface area contributed by atoms with Gasteiger partial charge in [-0.05, 0) is 49.2 Å². The van der Waals surface area contributed by atoms with E-state index in [2.05, 4.69) is 4.98 Å². The first kappa shape index (κ1) is 20.6. The quantitative estimate of drug-likeness (QED) is 0.274. The molecule has 4 rings (SSSR count). The molecule has 1 aromatic heterocycles. The van der Waals surface area contributed by atoms with Gasteiger partial charge in [-0.15, -0.1) is 0 Å². The van der Waals surface area contributed by atoms with Crippen LogP contribution in [0.1, 0.15) is 31.9 Å². The number of ether oxygens (including phenoxy) is 1. The van der Waals surface area contributed by atoms with Crippen LogP contribution in [-0.2, 0) is 14.9 Å². The minimum Gasteiger partial charge on any atom is -0.459 e. The van der Waals surface area contributed by atoms with Crippen LogP contribution in [0.15, 0.2) is 72.9 Å². The fourth-order valence-electron chi connectivity index (χ4n) is 4.06. The maximum absolute atomic E-state index is 13.8. The molecule has 31 heavy (non-hydrogen) atoms. The largest absolute Gasteiger partial charge is 0.459 e. The summed E-state index contributed by atoms with van der Waals surface area (Å²) in [5.74, 6) is -0.642. The number of carbonyl (C=O) groups excluding carboxylic acids is 1. The lowest BCUT2D eigenvalue weighted by Crippen LogP contribution is -2.47. The molecule has 0 saturated carbocycles. The fourth-order valence-corrected chi connectivity index (χ4v) is 4.06. The van der Waals surface area contributed by atoms with Crippen molar-refractivity contribution in [2.24, 2.45) is 0 Å². The Hall–Kier alpha value is -3.67. The molecule has 158 valence electrons. The van der Waals surface area contributed by atoms with E-state index in [1.807, 2.05) is 60.7 Å². The van der Waals surface area contributed by atoms with Gasteiger partial charge >= 0.3 is 5.97 Å². The molecule has 0 aliphatic carbocycles. The number of esters is 1. The third kappa shape index (κ3) is 3.77. The Bertz CT molecular complexity index is 1290. The molecule has 0 unspecified atom stereocenters. The van der Waals surface area contributed by atoms with E-state index in [0.717, 1.165) is 21.7 Å². The number of fused-ring (bicyclic) bond motifs is 2. The maximum atomic E-state index is 13.8. The monoisotopic (exact) mass is 416 g/mol. The normalized spacial score (nSPS) is 13.8. The first-order chi connectivity index (χ1) is 14.7. The van der Waals surface area contributed by atoms with E-state index >= 15 is 0 Å². The highest BCUT2D eigenvalue weighted by Gasteiger charge is 2.51. The third-order valence-electron chi connectivity index (χ3n) is 5.40. The summed E-state index contributed by atoms with van der Waals surface area (Å²) in [6, 6.07) is 20.7. The van der Waals surface area contributed by atoms with Crippen molar-refractivity contribution < 1.29 is 14.5 Å². The molecule has 1 atom stereocenters. The summed E-state index contributed by atoms with van der Waals surface area (Å²) in [6.07, 6.45) is 1.69. The van der Waals surface area contributed by atoms with Gasteiger partial charge in [0, 0.05) is 27.6 Å². The van der Waals surface area contributed by atoms with Gasteiger partial charge in [0.15, 0.2) is 5.41 Å². The standard InChI is InChI=1S/C25H24N2O4/c1-24(2,3)31-23(28)25(16-27(29)30,21-15-26-22-11-7-6-10-20(21)22)19-13-12-17-8-4-5-9-18(17)14-19/h4-15,26H,16H2,1-3H3/t25-/m0/s1. The molecular weight excluding hydrogens is 392 g/mol. The second-order valence-corrected chi connectivity index (χ2v) is 8.71. The van der Waals surface area contributed by atoms with Crippen molar-refractivity contribution in [2.45, 2.75) is 31.8 Å². The van der Waals surface area contributed by atoms with E-state index in [4.69, 9.17) is 4.74 Å². The number of rotatable bonds is 5. The number of hydrogen-bond donors (Lipinski definition) is 1. The Kier molecular flexibility index (Phi) is 5.01. The minimum atomic E-state index is -1.61. The van der Waals surface area contributed by atoms with Crippen molar-refractivity contribution in [3.05, 3.63) is 94.2 Å². The lowest BCUT2D eigenvalue weighted by atomic mass is 9.73. The number of para-hydroxylation sites is 1. The molecule has 6 heteroatoms. The molecule has 0 amide bonds. The Morgan fingerprint density at radius 1 is 1.00 bits per heavy atom. The average molecular weight is 416 g/mol. The van der Waals surface area contributed by atoms with Gasteiger partial charge < -0.3 is 9.72 Å². The molecule has 0 aliphatic heterocycles. The number of aromatic amines is 1. The number of H-pyrrole nitrogens is 1. The molecule has 1 heterocycles. The lowest BCUT2D eigenvalue weighted by molar-refractivity contribution is -0.486. The number of benzene rings is 3. The summed E-state index contributed by atoms with van der Waals surface area (Å²) in [5, 5.41) is 14.6. The first-order valence-corrected chi connectivity index (χ1v) is 10.1. The number of nitrogens with one attached hydrogen (secondary N) is 1. The molecule has 1 N–H and O–H groups in total. The van der Waals surface area contributed by atoms with Gasteiger partial charge in [-0.2, -0.15) is 0 Å². The number of carbonyl (C=O) groups is 1. The minimum absolute atomic E-state index is 0.444. The van der Waals surface area contributed by atoms with E-state index in [0.29, 0.717) is 11.1 Å². The molecule has 0 spiro atoms. The molecule has 4 aromatic rings. The Labute approximate surface area is 180 Å². The number of nitro groups is 1. The number of hydrogen-bond acceptors (Lipinski definition) is 4. The van der Waals surface area contributed by atoms with Crippen molar-refractivity contribution >= 4 is 27.6 Å². The van der Waals surface area contributed by atoms with Gasteiger partial charge in [0.2, 0.25) is 6.54 Å². The second-order valence-electron chi connectivity index (χ2n) is 8.71. The van der Waals surface area contributed by atoms with Crippen LogP contribution in [0.5, 0.6) is 0 Å². The van der Waals surface area contributed by atoms with Crippen LogP contribution in [-0.4, -0.2) is 28.0 Å². The Morgan fingerprint density at radius 3 is 2.39 bits per heavy atom. The highest BCUT2D eigenvalue weighted by molar-refractivity contribution is 5.97. The molecule has 0 saturated heterocycles. The van der Waals surface area contributed by atoms with Gasteiger partial charge in [-0.1, -0.05) is 54.6 Å². The van der Waals surface area contributed by atoms with Crippen LogP contribution in [0.3, 0.4) is 0 Å². The van der Waals surface area contributed by atoms with E-state index in [9.17, 15) is 14.9 Å². The van der Waals surface area contributed by atoms with Crippen molar-refractivity contribution in [1.29, 1.82) is 0 Å². The average Bonchev–Trinajstić information content (AvgIpc) is 3.14. The molecular formula is C25H24N2O4. The molecule has 6 nitrogen and oxygen atoms in total. The predicted octanol–water partition coefficient (Wildman–Crippen LogP) is 5.23. The number of nitrogens with zero attached hydrogens (tertiary/aromatic N) is 1. The second kappa shape index (κ2) is 7.54. The van der Waals surface area contributed by atoms with Crippen molar-refractivity contribution in [3.63, 3.8) is 0 Å². The summed E-state index contributed by atoms with van der Waals surface area (Å²) in [6.45, 7) is 4.66. The summed E-state index contributed by atoms with van der Waals surface area (Å²) in [5.41, 5.74) is -0.553. The van der Waals surface area contributed by atoms with Crippen LogP contribution in [0.25, 0.3) is 21.7 Å². The Morgan fingerprint density at radius 2 is 1.68 bits per heavy atom. The third-order valence-corrected chi connectivity index (χ3v) is 5.40. The summed E-state index contributed by atoms with van der Waals surface area (Å²) < 4.78 is 5.79. The topological polar surface area (TPSA) is 85.2 Å². The van der Waals surface area contributed by atoms with Crippen LogP contribution in [0, 0.1) is 10.1 Å². The molecule has 0 fully saturated rings. The zero-order valence-corrected chi connectivity index (χ0v) is 17.7. The fraction of sp³-hybridized carbons (Fsp3) is 0.240. The lowest BCUT2D eigenvalue weighted by Gasteiger charge is -2.32. The summed E-state index contributed by atoms with van der Waals surface area (Å²) >= 11 is 0. The summed E-state index contributed by atoms with van der Waals surface area (Å²) in [7, 11) is 0. The van der Waals surface area contributed by atoms with Crippen molar-refractivity contribution in [2.75, 3.05) is 6.54 Å². The van der Waals surface area contributed by atoms with Gasteiger partial charge in [0.1, 0.15) is 5.60 Å². The van der Waals surface area contributed by atoms with Crippen LogP contribution < -0.4 is 0 Å². The van der Waals surface area contributed by atoms with Crippen LogP contribution in [0.2, 0.25) is 0 Å². The zero-order valence-electron chi connectivity index (χ0n) is 17.7. The van der Waals surface area contributed by atoms with E-state index < -0.39 is 28.5 Å². The van der Waals surface area contributed by atoms with Crippen LogP contribution in [0.4, 0.5) is 0 Å². The van der Waals surface area contributed by atoms with E-state index in [1.54, 1.807) is 33.0 Å². The molecule has 3 aromatic carbocycles. The van der Waals surface area contributed by atoms with Gasteiger partial charge in [0.05, 0.1) is 0 Å². The van der Waals surface area contributed by atoms with Crippen LogP contribution >= 0.6 is 0 Å². The maximum Gasteiger partial charge on any atom is 0.328 e. The summed E-state index contributed by atoms with van der Waals surface area (Å²) in [4.78, 5) is 28.4. The van der Waals surface area contributed by atoms with Gasteiger partial charge in [-0.25, -0.2) is 0 Å². The molecule has 0 aliphatic rings. The zero-order chi connectivity index (χ0) is 22.2. The van der Waals surface area contributed by atoms with Crippen molar-refractivity contribution in [3.8, 4) is 0 Å². The van der Waals surface area contributed by atoms with Gasteiger partial charge in [0.25, 0.3) is 0 Å². The molecule has 0 radical (unpaired) electrons.